The molecule has 0 aromatic heterocycles. The van der Waals surface area contributed by atoms with Gasteiger partial charge in [-0.15, -0.1) is 0 Å². The fourth-order valence-electron chi connectivity index (χ4n) is 2.02. The Morgan fingerprint density at radius 1 is 0.808 bits per heavy atom. The Labute approximate surface area is 143 Å². The van der Waals surface area contributed by atoms with E-state index in [1.807, 2.05) is 0 Å². The van der Waals surface area contributed by atoms with Gasteiger partial charge in [-0.1, -0.05) is 30.3 Å². The summed E-state index contributed by atoms with van der Waals surface area (Å²) in [6.07, 6.45) is -6.45. The Hall–Kier alpha value is -2.58. The molecule has 0 amide bonds. The summed E-state index contributed by atoms with van der Waals surface area (Å²) >= 11 is 0. The first-order valence-electron chi connectivity index (χ1n) is 7.11. The summed E-state index contributed by atoms with van der Waals surface area (Å²) in [6, 6.07) is 10.7. The molecule has 0 N–H and O–H groups in total. The molecule has 0 spiro atoms. The molecule has 2 aromatic carbocycles. The van der Waals surface area contributed by atoms with Gasteiger partial charge in [0.15, 0.2) is 0 Å². The van der Waals surface area contributed by atoms with Gasteiger partial charge < -0.3 is 4.74 Å². The first kappa shape index (κ1) is 19.7. The van der Waals surface area contributed by atoms with Crippen molar-refractivity contribution >= 4 is 11.4 Å². The average Bonchev–Trinajstić information content (AvgIpc) is 2.59. The summed E-state index contributed by atoms with van der Waals surface area (Å²) in [5.41, 5.74) is -2.48. The standard InChI is InChI=1S/C17H12F7NO/c1-26-13-9-7-12(8-10-13)25-14(11-5-3-2-4-6-11)15(18,19)16(20,21)17(22,23)24/h2-10H,1H3. The van der Waals surface area contributed by atoms with Crippen molar-refractivity contribution in [3.05, 3.63) is 60.2 Å². The number of methoxy groups -OCH3 is 1. The van der Waals surface area contributed by atoms with Crippen LogP contribution in [0.5, 0.6) is 5.75 Å². The molecule has 2 nitrogen and oxygen atoms in total. The quantitative estimate of drug-likeness (QED) is 0.486. The smallest absolute Gasteiger partial charge is 0.460 e. The molecule has 2 aromatic rings. The van der Waals surface area contributed by atoms with E-state index < -0.39 is 29.3 Å². The highest BCUT2D eigenvalue weighted by molar-refractivity contribution is 6.07. The topological polar surface area (TPSA) is 21.6 Å². The van der Waals surface area contributed by atoms with Crippen LogP contribution in [0.1, 0.15) is 5.56 Å². The van der Waals surface area contributed by atoms with Crippen molar-refractivity contribution in [1.82, 2.24) is 0 Å². The van der Waals surface area contributed by atoms with Gasteiger partial charge in [-0.3, -0.25) is 0 Å². The summed E-state index contributed by atoms with van der Waals surface area (Å²) in [5, 5.41) is 0. The van der Waals surface area contributed by atoms with E-state index in [4.69, 9.17) is 4.74 Å². The Balaban J connectivity index is 2.63. The minimum atomic E-state index is -6.45. The van der Waals surface area contributed by atoms with Crippen LogP contribution in [-0.4, -0.2) is 30.8 Å². The average molecular weight is 379 g/mol. The van der Waals surface area contributed by atoms with Crippen molar-refractivity contribution in [3.63, 3.8) is 0 Å². The van der Waals surface area contributed by atoms with Crippen LogP contribution in [0.15, 0.2) is 59.6 Å². The molecule has 0 saturated heterocycles. The maximum absolute atomic E-state index is 14.3. The van der Waals surface area contributed by atoms with Gasteiger partial charge >= 0.3 is 18.0 Å². The van der Waals surface area contributed by atoms with E-state index in [-0.39, 0.29) is 5.69 Å². The molecule has 0 heterocycles. The molecule has 0 aliphatic heterocycles. The van der Waals surface area contributed by atoms with E-state index in [9.17, 15) is 30.7 Å². The van der Waals surface area contributed by atoms with Crippen LogP contribution >= 0.6 is 0 Å². The van der Waals surface area contributed by atoms with Gasteiger partial charge in [0.2, 0.25) is 0 Å². The highest BCUT2D eigenvalue weighted by Crippen LogP contribution is 2.48. The number of hydrogen-bond acceptors (Lipinski definition) is 2. The number of alkyl halides is 7. The second-order valence-corrected chi connectivity index (χ2v) is 5.17. The second-order valence-electron chi connectivity index (χ2n) is 5.17. The number of nitrogens with zero attached hydrogens (tertiary/aromatic N) is 1. The van der Waals surface area contributed by atoms with Gasteiger partial charge in [0, 0.05) is 5.56 Å². The molecular formula is C17H12F7NO. The normalized spacial score (nSPS) is 13.6. The predicted molar refractivity (Wildman–Crippen MR) is 81.6 cm³/mol. The molecule has 0 aliphatic rings. The molecule has 2 rings (SSSR count). The Morgan fingerprint density at radius 3 is 1.81 bits per heavy atom. The number of halogens is 7. The highest BCUT2D eigenvalue weighted by Gasteiger charge is 2.75. The Bertz CT molecular complexity index is 768. The van der Waals surface area contributed by atoms with Gasteiger partial charge in [0.1, 0.15) is 11.5 Å². The van der Waals surface area contributed by atoms with Crippen molar-refractivity contribution < 1.29 is 35.5 Å². The van der Waals surface area contributed by atoms with Crippen molar-refractivity contribution in [2.24, 2.45) is 4.99 Å². The van der Waals surface area contributed by atoms with Crippen LogP contribution in [-0.2, 0) is 0 Å². The summed E-state index contributed by atoms with van der Waals surface area (Å²) in [5.74, 6) is -11.6. The zero-order valence-electron chi connectivity index (χ0n) is 13.2. The van der Waals surface area contributed by atoms with Crippen LogP contribution in [0.2, 0.25) is 0 Å². The number of aliphatic imine (C=N–C) groups is 1. The zero-order chi connectivity index (χ0) is 19.6. The summed E-state index contributed by atoms with van der Waals surface area (Å²) < 4.78 is 98.0. The minimum absolute atomic E-state index is 0.234. The SMILES string of the molecule is COc1ccc(N=C(c2ccccc2)C(F)(F)C(F)(F)C(F)(F)F)cc1. The highest BCUT2D eigenvalue weighted by atomic mass is 19.4. The number of benzene rings is 2. The lowest BCUT2D eigenvalue weighted by molar-refractivity contribution is -0.336. The monoisotopic (exact) mass is 379 g/mol. The molecule has 0 unspecified atom stereocenters. The van der Waals surface area contributed by atoms with E-state index in [1.54, 1.807) is 0 Å². The number of ether oxygens (including phenoxy) is 1. The Morgan fingerprint density at radius 2 is 1.35 bits per heavy atom. The van der Waals surface area contributed by atoms with Crippen molar-refractivity contribution in [2.75, 3.05) is 7.11 Å². The lowest BCUT2D eigenvalue weighted by Gasteiger charge is -2.29. The molecule has 0 radical (unpaired) electrons. The summed E-state index contributed by atoms with van der Waals surface area (Å²) in [6.45, 7) is 0. The molecule has 0 fully saturated rings. The van der Waals surface area contributed by atoms with E-state index in [0.717, 1.165) is 24.3 Å². The zero-order valence-corrected chi connectivity index (χ0v) is 13.2. The number of rotatable bonds is 5. The van der Waals surface area contributed by atoms with Crippen molar-refractivity contribution in [2.45, 2.75) is 18.0 Å². The maximum atomic E-state index is 14.3. The van der Waals surface area contributed by atoms with Crippen molar-refractivity contribution in [3.8, 4) is 5.75 Å². The van der Waals surface area contributed by atoms with E-state index in [2.05, 4.69) is 4.99 Å². The van der Waals surface area contributed by atoms with Crippen LogP contribution in [0, 0.1) is 0 Å². The Kier molecular flexibility index (Phi) is 5.29. The van der Waals surface area contributed by atoms with Crippen LogP contribution in [0.4, 0.5) is 36.4 Å². The summed E-state index contributed by atoms with van der Waals surface area (Å²) in [7, 11) is 1.34. The van der Waals surface area contributed by atoms with E-state index >= 15 is 0 Å². The molecule has 0 bridgehead atoms. The van der Waals surface area contributed by atoms with Gasteiger partial charge in [-0.05, 0) is 24.3 Å². The minimum Gasteiger partial charge on any atom is -0.497 e. The summed E-state index contributed by atoms with van der Waals surface area (Å²) in [4.78, 5) is 3.39. The molecular weight excluding hydrogens is 367 g/mol. The third-order valence-electron chi connectivity index (χ3n) is 3.41. The van der Waals surface area contributed by atoms with Crippen molar-refractivity contribution in [1.29, 1.82) is 0 Å². The van der Waals surface area contributed by atoms with Gasteiger partial charge in [0.25, 0.3) is 0 Å². The molecule has 0 aliphatic carbocycles. The molecule has 26 heavy (non-hydrogen) atoms. The van der Waals surface area contributed by atoms with Crippen LogP contribution < -0.4 is 4.74 Å². The first-order valence-corrected chi connectivity index (χ1v) is 7.11. The lowest BCUT2D eigenvalue weighted by atomic mass is 9.98. The lowest BCUT2D eigenvalue weighted by Crippen LogP contribution is -2.56. The fraction of sp³-hybridized carbons (Fsp3) is 0.235. The van der Waals surface area contributed by atoms with Crippen LogP contribution in [0.3, 0.4) is 0 Å². The van der Waals surface area contributed by atoms with Crippen LogP contribution in [0.25, 0.3) is 0 Å². The van der Waals surface area contributed by atoms with Gasteiger partial charge in [-0.2, -0.15) is 30.7 Å². The second kappa shape index (κ2) is 6.97. The molecule has 0 saturated carbocycles. The maximum Gasteiger partial charge on any atom is 0.460 e. The third kappa shape index (κ3) is 3.66. The third-order valence-corrected chi connectivity index (χ3v) is 3.41. The predicted octanol–water partition coefficient (Wildman–Crippen LogP) is 5.65. The van der Waals surface area contributed by atoms with E-state index in [0.29, 0.717) is 5.75 Å². The molecule has 140 valence electrons. The largest absolute Gasteiger partial charge is 0.497 e. The molecule has 9 heteroatoms. The van der Waals surface area contributed by atoms with Gasteiger partial charge in [0.05, 0.1) is 12.8 Å². The van der Waals surface area contributed by atoms with E-state index in [1.165, 1.54) is 37.4 Å². The first-order chi connectivity index (χ1) is 12.0. The van der Waals surface area contributed by atoms with Gasteiger partial charge in [-0.25, -0.2) is 4.99 Å². The number of hydrogen-bond donors (Lipinski definition) is 0. The molecule has 0 atom stereocenters. The fourth-order valence-corrected chi connectivity index (χ4v) is 2.02.